The summed E-state index contributed by atoms with van der Waals surface area (Å²) < 4.78 is 5.15. The second-order valence-electron chi connectivity index (χ2n) is 5.20. The zero-order valence-electron chi connectivity index (χ0n) is 13.1. The van der Waals surface area contributed by atoms with E-state index in [1.165, 1.54) is 25.7 Å². The van der Waals surface area contributed by atoms with E-state index >= 15 is 0 Å². The van der Waals surface area contributed by atoms with Gasteiger partial charge in [0, 0.05) is 6.54 Å². The van der Waals surface area contributed by atoms with Crippen LogP contribution in [0.15, 0.2) is 30.8 Å². The molecular formula is C18H27NO2. The molecule has 0 aliphatic heterocycles. The Hall–Kier alpha value is -1.77. The second-order valence-corrected chi connectivity index (χ2v) is 5.20. The molecule has 0 saturated heterocycles. The largest absolute Gasteiger partial charge is 0.450 e. The van der Waals surface area contributed by atoms with Crippen LogP contribution >= 0.6 is 0 Å². The number of alkyl carbamates (subject to hydrolysis) is 1. The molecule has 1 N–H and O–H groups in total. The molecule has 0 atom stereocenters. The molecule has 1 aromatic carbocycles. The van der Waals surface area contributed by atoms with Crippen LogP contribution in [-0.2, 0) is 11.3 Å². The molecule has 0 radical (unpaired) electrons. The van der Waals surface area contributed by atoms with Crippen LogP contribution in [0.1, 0.15) is 56.6 Å². The lowest BCUT2D eigenvalue weighted by Crippen LogP contribution is -2.24. The van der Waals surface area contributed by atoms with Crippen molar-refractivity contribution in [2.45, 2.75) is 52.0 Å². The van der Waals surface area contributed by atoms with Gasteiger partial charge in [-0.15, -0.1) is 0 Å². The van der Waals surface area contributed by atoms with Crippen molar-refractivity contribution in [2.24, 2.45) is 0 Å². The number of unbranched alkanes of at least 4 members (excludes halogenated alkanes) is 5. The number of benzene rings is 1. The summed E-state index contributed by atoms with van der Waals surface area (Å²) in [5.74, 6) is 0. The Labute approximate surface area is 128 Å². The van der Waals surface area contributed by atoms with Gasteiger partial charge in [0.15, 0.2) is 0 Å². The van der Waals surface area contributed by atoms with Gasteiger partial charge in [0.05, 0.1) is 6.61 Å². The molecule has 3 nitrogen and oxygen atoms in total. The third-order valence-electron chi connectivity index (χ3n) is 3.38. The van der Waals surface area contributed by atoms with Crippen LogP contribution in [0, 0.1) is 0 Å². The topological polar surface area (TPSA) is 38.3 Å². The van der Waals surface area contributed by atoms with Crippen molar-refractivity contribution in [1.29, 1.82) is 0 Å². The van der Waals surface area contributed by atoms with Crippen molar-refractivity contribution in [3.8, 4) is 0 Å². The summed E-state index contributed by atoms with van der Waals surface area (Å²) in [5.41, 5.74) is 2.13. The molecule has 0 bridgehead atoms. The molecule has 0 aromatic heterocycles. The van der Waals surface area contributed by atoms with E-state index in [0.29, 0.717) is 13.2 Å². The maximum absolute atomic E-state index is 11.5. The van der Waals surface area contributed by atoms with Crippen LogP contribution in [0.4, 0.5) is 4.79 Å². The lowest BCUT2D eigenvalue weighted by Gasteiger charge is -2.07. The molecule has 0 spiro atoms. The standard InChI is InChI=1S/C18H27NO2/c1-3-5-6-7-8-9-14-21-18(20)19-15-17-12-10-16(4-2)11-13-17/h4,10-13H,2-3,5-9,14-15H2,1H3,(H,19,20). The van der Waals surface area contributed by atoms with E-state index in [4.69, 9.17) is 4.74 Å². The number of amides is 1. The molecule has 116 valence electrons. The van der Waals surface area contributed by atoms with Gasteiger partial charge < -0.3 is 10.1 Å². The molecule has 0 aliphatic rings. The quantitative estimate of drug-likeness (QED) is 0.621. The zero-order chi connectivity index (χ0) is 15.3. The van der Waals surface area contributed by atoms with Crippen molar-refractivity contribution in [2.75, 3.05) is 6.61 Å². The molecule has 0 unspecified atom stereocenters. The molecule has 0 heterocycles. The Morgan fingerprint density at radius 2 is 1.81 bits per heavy atom. The summed E-state index contributed by atoms with van der Waals surface area (Å²) in [5, 5.41) is 2.76. The summed E-state index contributed by atoms with van der Waals surface area (Å²) >= 11 is 0. The van der Waals surface area contributed by atoms with Crippen LogP contribution in [0.5, 0.6) is 0 Å². The van der Waals surface area contributed by atoms with Gasteiger partial charge in [-0.25, -0.2) is 4.79 Å². The first-order valence-corrected chi connectivity index (χ1v) is 7.88. The van der Waals surface area contributed by atoms with Crippen molar-refractivity contribution >= 4 is 12.2 Å². The third-order valence-corrected chi connectivity index (χ3v) is 3.38. The Morgan fingerprint density at radius 1 is 1.14 bits per heavy atom. The van der Waals surface area contributed by atoms with Crippen molar-refractivity contribution < 1.29 is 9.53 Å². The summed E-state index contributed by atoms with van der Waals surface area (Å²) in [6.45, 7) is 6.92. The molecule has 1 aromatic rings. The molecule has 1 amide bonds. The first kappa shape index (κ1) is 17.3. The molecule has 21 heavy (non-hydrogen) atoms. The van der Waals surface area contributed by atoms with Gasteiger partial charge in [0.1, 0.15) is 0 Å². The minimum atomic E-state index is -0.337. The van der Waals surface area contributed by atoms with Gasteiger partial charge in [-0.05, 0) is 17.5 Å². The minimum Gasteiger partial charge on any atom is -0.450 e. The van der Waals surface area contributed by atoms with Crippen LogP contribution in [0.25, 0.3) is 6.08 Å². The fourth-order valence-electron chi connectivity index (χ4n) is 2.04. The third kappa shape index (κ3) is 8.18. The predicted molar refractivity (Wildman–Crippen MR) is 88.1 cm³/mol. The lowest BCUT2D eigenvalue weighted by molar-refractivity contribution is 0.143. The first-order valence-electron chi connectivity index (χ1n) is 7.88. The van der Waals surface area contributed by atoms with Gasteiger partial charge in [-0.2, -0.15) is 0 Å². The van der Waals surface area contributed by atoms with E-state index in [0.717, 1.165) is 24.0 Å². The van der Waals surface area contributed by atoms with Crippen molar-refractivity contribution in [3.05, 3.63) is 42.0 Å². The van der Waals surface area contributed by atoms with Gasteiger partial charge in [-0.3, -0.25) is 0 Å². The normalized spacial score (nSPS) is 10.1. The maximum Gasteiger partial charge on any atom is 0.407 e. The van der Waals surface area contributed by atoms with E-state index in [-0.39, 0.29) is 6.09 Å². The van der Waals surface area contributed by atoms with E-state index in [9.17, 15) is 4.79 Å². The predicted octanol–water partition coefficient (Wildman–Crippen LogP) is 4.92. The fraction of sp³-hybridized carbons (Fsp3) is 0.500. The summed E-state index contributed by atoms with van der Waals surface area (Å²) in [6, 6.07) is 7.91. The molecular weight excluding hydrogens is 262 g/mol. The molecule has 0 aliphatic carbocycles. The average Bonchev–Trinajstić information content (AvgIpc) is 2.52. The summed E-state index contributed by atoms with van der Waals surface area (Å²) in [6.07, 6.45) is 8.61. The Morgan fingerprint density at radius 3 is 2.48 bits per heavy atom. The SMILES string of the molecule is C=Cc1ccc(CNC(=O)OCCCCCCCC)cc1. The summed E-state index contributed by atoms with van der Waals surface area (Å²) in [7, 11) is 0. The minimum absolute atomic E-state index is 0.337. The lowest BCUT2D eigenvalue weighted by atomic mass is 10.1. The number of carbonyl (C=O) groups excluding carboxylic acids is 1. The monoisotopic (exact) mass is 289 g/mol. The van der Waals surface area contributed by atoms with Crippen molar-refractivity contribution in [1.82, 2.24) is 5.32 Å². The van der Waals surface area contributed by atoms with Crippen LogP contribution < -0.4 is 5.32 Å². The van der Waals surface area contributed by atoms with Crippen LogP contribution in [-0.4, -0.2) is 12.7 Å². The van der Waals surface area contributed by atoms with E-state index < -0.39 is 0 Å². The van der Waals surface area contributed by atoms with Crippen LogP contribution in [0.2, 0.25) is 0 Å². The van der Waals surface area contributed by atoms with Gasteiger partial charge in [0.2, 0.25) is 0 Å². The average molecular weight is 289 g/mol. The van der Waals surface area contributed by atoms with E-state index in [1.807, 2.05) is 24.3 Å². The number of carbonyl (C=O) groups is 1. The summed E-state index contributed by atoms with van der Waals surface area (Å²) in [4.78, 5) is 11.5. The van der Waals surface area contributed by atoms with Crippen LogP contribution in [0.3, 0.4) is 0 Å². The number of nitrogens with one attached hydrogen (secondary N) is 1. The molecule has 3 heteroatoms. The highest BCUT2D eigenvalue weighted by atomic mass is 16.5. The molecule has 0 fully saturated rings. The highest BCUT2D eigenvalue weighted by Gasteiger charge is 2.01. The number of ether oxygens (including phenoxy) is 1. The fourth-order valence-corrected chi connectivity index (χ4v) is 2.04. The highest BCUT2D eigenvalue weighted by molar-refractivity contribution is 5.67. The maximum atomic E-state index is 11.5. The molecule has 0 saturated carbocycles. The van der Waals surface area contributed by atoms with Gasteiger partial charge in [0.25, 0.3) is 0 Å². The number of rotatable bonds is 10. The second kappa shape index (κ2) is 11.0. The number of hydrogen-bond donors (Lipinski definition) is 1. The molecule has 1 rings (SSSR count). The Kier molecular flexibility index (Phi) is 9.01. The van der Waals surface area contributed by atoms with Crippen molar-refractivity contribution in [3.63, 3.8) is 0 Å². The Bertz CT molecular complexity index is 412. The van der Waals surface area contributed by atoms with Gasteiger partial charge >= 0.3 is 6.09 Å². The first-order chi connectivity index (χ1) is 10.3. The van der Waals surface area contributed by atoms with Gasteiger partial charge in [-0.1, -0.05) is 75.9 Å². The zero-order valence-corrected chi connectivity index (χ0v) is 13.1. The highest BCUT2D eigenvalue weighted by Crippen LogP contribution is 2.06. The van der Waals surface area contributed by atoms with E-state index in [2.05, 4.69) is 18.8 Å². The number of hydrogen-bond acceptors (Lipinski definition) is 2. The van der Waals surface area contributed by atoms with E-state index in [1.54, 1.807) is 6.08 Å². The smallest absolute Gasteiger partial charge is 0.407 e. The Balaban J connectivity index is 2.06.